The van der Waals surface area contributed by atoms with Crippen LogP contribution in [0.4, 0.5) is 11.6 Å². The molecule has 12 heteroatoms. The third-order valence-electron chi connectivity index (χ3n) is 7.81. The summed E-state index contributed by atoms with van der Waals surface area (Å²) in [5, 5.41) is 7.71. The van der Waals surface area contributed by atoms with Gasteiger partial charge in [0.25, 0.3) is 11.8 Å². The Morgan fingerprint density at radius 3 is 2.69 bits per heavy atom. The third kappa shape index (κ3) is 5.58. The second kappa shape index (κ2) is 12.3. The molecule has 1 fully saturated rings. The van der Waals surface area contributed by atoms with E-state index in [1.54, 1.807) is 25.4 Å². The van der Waals surface area contributed by atoms with E-state index in [9.17, 15) is 9.59 Å². The van der Waals surface area contributed by atoms with Gasteiger partial charge in [-0.25, -0.2) is 15.0 Å². The van der Waals surface area contributed by atoms with E-state index in [4.69, 9.17) is 19.6 Å². The minimum absolute atomic E-state index is 0.0376. The molecule has 5 heterocycles. The lowest BCUT2D eigenvalue weighted by molar-refractivity contribution is -0.121. The number of aliphatic imine (C=N–C) groups is 1. The summed E-state index contributed by atoms with van der Waals surface area (Å²) < 4.78 is 12.9. The molecule has 1 N–H and O–H groups in total. The van der Waals surface area contributed by atoms with E-state index in [0.29, 0.717) is 35.9 Å². The molecule has 0 radical (unpaired) electrons. The number of hydrogen-bond acceptors (Lipinski definition) is 9. The predicted molar refractivity (Wildman–Crippen MR) is 161 cm³/mol. The molecule has 12 nitrogen and oxygen atoms in total. The zero-order chi connectivity index (χ0) is 30.0. The van der Waals surface area contributed by atoms with E-state index in [1.807, 2.05) is 42.6 Å². The monoisotopic (exact) mass is 574 g/mol. The van der Waals surface area contributed by atoms with Crippen LogP contribution in [0.15, 0.2) is 41.4 Å². The molecule has 2 amide bonds. The Kier molecular flexibility index (Phi) is 8.53. The number of anilines is 2. The van der Waals surface area contributed by atoms with Crippen LogP contribution in [0.5, 0.6) is 0 Å². The highest BCUT2D eigenvalue weighted by Gasteiger charge is 2.31. The first-order valence-corrected chi connectivity index (χ1v) is 14.2. The zero-order valence-corrected chi connectivity index (χ0v) is 25.0. The van der Waals surface area contributed by atoms with Gasteiger partial charge in [0, 0.05) is 69.5 Å². The Hall–Kier alpha value is -4.32. The van der Waals surface area contributed by atoms with E-state index in [-0.39, 0.29) is 30.1 Å². The van der Waals surface area contributed by atoms with Crippen LogP contribution in [-0.2, 0) is 14.3 Å². The minimum atomic E-state index is -0.702. The first-order chi connectivity index (χ1) is 20.2. The molecule has 0 bridgehead atoms. The maximum absolute atomic E-state index is 13.8. The molecule has 42 heavy (non-hydrogen) atoms. The highest BCUT2D eigenvalue weighted by Crippen LogP contribution is 2.33. The van der Waals surface area contributed by atoms with Crippen LogP contribution < -0.4 is 15.1 Å². The van der Waals surface area contributed by atoms with Crippen molar-refractivity contribution in [2.75, 3.05) is 57.3 Å². The number of amides is 2. The molecule has 0 aliphatic carbocycles. The fourth-order valence-corrected chi connectivity index (χ4v) is 5.61. The average Bonchev–Trinajstić information content (AvgIpc) is 3.41. The predicted octanol–water partition coefficient (Wildman–Crippen LogP) is 3.05. The Labute approximate surface area is 245 Å². The van der Waals surface area contributed by atoms with Crippen molar-refractivity contribution in [2.24, 2.45) is 10.9 Å². The van der Waals surface area contributed by atoms with E-state index in [1.165, 1.54) is 7.11 Å². The van der Waals surface area contributed by atoms with Gasteiger partial charge in [-0.05, 0) is 57.4 Å². The SMILES string of the molecule is CCN(c1c(C)c(C(=O)NCC2C(=O)N=C(C)C=C2OC)nc2c(-c3ccnc(N(C)C)c3)cnn12)C1CCOCC1. The quantitative estimate of drug-likeness (QED) is 0.410. The van der Waals surface area contributed by atoms with Gasteiger partial charge in [-0.15, -0.1) is 0 Å². The number of nitrogens with zero attached hydrogens (tertiary/aromatic N) is 7. The van der Waals surface area contributed by atoms with Crippen LogP contribution in [-0.4, -0.2) is 90.7 Å². The second-order valence-corrected chi connectivity index (χ2v) is 10.7. The van der Waals surface area contributed by atoms with E-state index in [2.05, 4.69) is 27.1 Å². The summed E-state index contributed by atoms with van der Waals surface area (Å²) >= 11 is 0. The van der Waals surface area contributed by atoms with Crippen molar-refractivity contribution in [2.45, 2.75) is 39.7 Å². The van der Waals surface area contributed by atoms with Crippen molar-refractivity contribution < 1.29 is 19.1 Å². The number of allylic oxidation sites excluding steroid dienone is 1. The molecule has 0 saturated carbocycles. The number of pyridine rings is 1. The van der Waals surface area contributed by atoms with Gasteiger partial charge in [-0.3, -0.25) is 9.59 Å². The highest BCUT2D eigenvalue weighted by atomic mass is 16.5. The van der Waals surface area contributed by atoms with Crippen molar-refractivity contribution in [3.05, 3.63) is 47.6 Å². The van der Waals surface area contributed by atoms with Gasteiger partial charge in [-0.1, -0.05) is 0 Å². The van der Waals surface area contributed by atoms with Crippen LogP contribution in [0.3, 0.4) is 0 Å². The topological polar surface area (TPSA) is 127 Å². The zero-order valence-electron chi connectivity index (χ0n) is 25.0. The number of fused-ring (bicyclic) bond motifs is 1. The van der Waals surface area contributed by atoms with Gasteiger partial charge in [-0.2, -0.15) is 9.61 Å². The molecule has 3 aromatic heterocycles. The second-order valence-electron chi connectivity index (χ2n) is 10.7. The Balaban J connectivity index is 1.59. The number of carbonyl (C=O) groups excluding carboxylic acids is 2. The van der Waals surface area contributed by atoms with Gasteiger partial charge in [0.2, 0.25) is 0 Å². The Morgan fingerprint density at radius 2 is 2.00 bits per heavy atom. The van der Waals surface area contributed by atoms with Crippen molar-refractivity contribution >= 4 is 34.8 Å². The molecule has 0 aromatic carbocycles. The summed E-state index contributed by atoms with van der Waals surface area (Å²) in [5.74, 6) is 0.651. The fraction of sp³-hybridized carbons (Fsp3) is 0.467. The van der Waals surface area contributed by atoms with E-state index in [0.717, 1.165) is 42.1 Å². The van der Waals surface area contributed by atoms with Gasteiger partial charge in [0.05, 0.1) is 13.3 Å². The number of aromatic nitrogens is 4. The minimum Gasteiger partial charge on any atom is -0.500 e. The van der Waals surface area contributed by atoms with Gasteiger partial charge < -0.3 is 24.6 Å². The van der Waals surface area contributed by atoms with Crippen molar-refractivity contribution in [3.8, 4) is 11.1 Å². The molecule has 1 saturated heterocycles. The lowest BCUT2D eigenvalue weighted by Gasteiger charge is -2.36. The van der Waals surface area contributed by atoms with Crippen LogP contribution >= 0.6 is 0 Å². The first kappa shape index (κ1) is 29.2. The van der Waals surface area contributed by atoms with E-state index >= 15 is 0 Å². The molecule has 1 unspecified atom stereocenters. The molecule has 3 aromatic rings. The summed E-state index contributed by atoms with van der Waals surface area (Å²) in [6.45, 7) is 7.87. The molecule has 222 valence electrons. The Bertz CT molecular complexity index is 1550. The maximum Gasteiger partial charge on any atom is 0.270 e. The number of ether oxygens (including phenoxy) is 2. The summed E-state index contributed by atoms with van der Waals surface area (Å²) in [5.41, 5.74) is 3.80. The van der Waals surface area contributed by atoms with Crippen LogP contribution in [0.1, 0.15) is 42.7 Å². The summed E-state index contributed by atoms with van der Waals surface area (Å²) in [6.07, 6.45) is 7.01. The van der Waals surface area contributed by atoms with Gasteiger partial charge in [0.1, 0.15) is 29.0 Å². The summed E-state index contributed by atoms with van der Waals surface area (Å²) in [6, 6.07) is 4.12. The largest absolute Gasteiger partial charge is 0.500 e. The fourth-order valence-electron chi connectivity index (χ4n) is 5.61. The molecule has 2 aliphatic rings. The van der Waals surface area contributed by atoms with Crippen LogP contribution in [0.25, 0.3) is 16.8 Å². The van der Waals surface area contributed by atoms with Gasteiger partial charge >= 0.3 is 0 Å². The van der Waals surface area contributed by atoms with Gasteiger partial charge in [0.15, 0.2) is 5.65 Å². The normalized spacial score (nSPS) is 17.6. The van der Waals surface area contributed by atoms with Crippen LogP contribution in [0.2, 0.25) is 0 Å². The molecular weight excluding hydrogens is 536 g/mol. The third-order valence-corrected chi connectivity index (χ3v) is 7.81. The number of rotatable bonds is 9. The Morgan fingerprint density at radius 1 is 1.24 bits per heavy atom. The standard InChI is InChI=1S/C30H38N8O4/c1-7-37(21-9-12-42-13-10-21)30-19(3)26(29(40)32-16-23-24(41-6)14-18(2)34-28(23)39)35-27-22(17-33-38(27)30)20-8-11-31-25(15-20)36(4)5/h8,11,14-15,17,21,23H,7,9-10,12-13,16H2,1-6H3,(H,32,40). The molecule has 2 aliphatic heterocycles. The molecule has 1 atom stereocenters. The van der Waals surface area contributed by atoms with Crippen molar-refractivity contribution in [1.82, 2.24) is 24.9 Å². The summed E-state index contributed by atoms with van der Waals surface area (Å²) in [4.78, 5) is 44.1. The number of methoxy groups -OCH3 is 1. The van der Waals surface area contributed by atoms with E-state index < -0.39 is 5.92 Å². The molecular formula is C30H38N8O4. The average molecular weight is 575 g/mol. The van der Waals surface area contributed by atoms with Crippen molar-refractivity contribution in [1.29, 1.82) is 0 Å². The molecule has 0 spiro atoms. The number of hydrogen-bond donors (Lipinski definition) is 1. The van der Waals surface area contributed by atoms with Crippen molar-refractivity contribution in [3.63, 3.8) is 0 Å². The smallest absolute Gasteiger partial charge is 0.270 e. The number of carbonyl (C=O) groups is 2. The first-order valence-electron chi connectivity index (χ1n) is 14.2. The lowest BCUT2D eigenvalue weighted by atomic mass is 10.0. The highest BCUT2D eigenvalue weighted by molar-refractivity contribution is 6.05. The lowest BCUT2D eigenvalue weighted by Crippen LogP contribution is -2.41. The molecule has 5 rings (SSSR count). The number of dihydropyridines is 1. The summed E-state index contributed by atoms with van der Waals surface area (Å²) in [7, 11) is 5.38. The number of nitrogens with one attached hydrogen (secondary N) is 1. The van der Waals surface area contributed by atoms with Crippen LogP contribution in [0, 0.1) is 12.8 Å². The maximum atomic E-state index is 13.8.